The van der Waals surface area contributed by atoms with E-state index in [4.69, 9.17) is 0 Å². The van der Waals surface area contributed by atoms with Gasteiger partial charge in [-0.3, -0.25) is 0 Å². The molecule has 2 rings (SSSR count). The molecule has 0 amide bonds. The molecule has 1 saturated heterocycles. The zero-order valence-corrected chi connectivity index (χ0v) is 10.6. The third kappa shape index (κ3) is 3.48. The van der Waals surface area contributed by atoms with E-state index in [1.807, 2.05) is 0 Å². The second-order valence-electron chi connectivity index (χ2n) is 5.28. The molecule has 0 aromatic heterocycles. The van der Waals surface area contributed by atoms with Gasteiger partial charge in [-0.1, -0.05) is 12.1 Å². The summed E-state index contributed by atoms with van der Waals surface area (Å²) >= 11 is 0. The maximum atomic E-state index is 12.5. The van der Waals surface area contributed by atoms with Gasteiger partial charge in [0.15, 0.2) is 0 Å². The van der Waals surface area contributed by atoms with Crippen LogP contribution in [0.1, 0.15) is 24.0 Å². The van der Waals surface area contributed by atoms with Gasteiger partial charge in [-0.2, -0.15) is 13.2 Å². The highest BCUT2D eigenvalue weighted by Crippen LogP contribution is 2.34. The molecular formula is C14H18F3NO. The minimum absolute atomic E-state index is 0.0791. The van der Waals surface area contributed by atoms with E-state index in [0.717, 1.165) is 43.6 Å². The van der Waals surface area contributed by atoms with E-state index < -0.39 is 11.7 Å². The molecule has 0 bridgehead atoms. The van der Waals surface area contributed by atoms with Crippen LogP contribution in [0.3, 0.4) is 0 Å². The van der Waals surface area contributed by atoms with Gasteiger partial charge in [0.1, 0.15) is 0 Å². The highest BCUT2D eigenvalue weighted by molar-refractivity contribution is 5.25. The molecule has 0 aliphatic carbocycles. The van der Waals surface area contributed by atoms with Crippen molar-refractivity contribution in [1.82, 2.24) is 5.32 Å². The van der Waals surface area contributed by atoms with Crippen LogP contribution >= 0.6 is 0 Å². The lowest BCUT2D eigenvalue weighted by molar-refractivity contribution is -0.137. The number of hydrogen-bond donors (Lipinski definition) is 2. The van der Waals surface area contributed by atoms with E-state index in [1.54, 1.807) is 0 Å². The monoisotopic (exact) mass is 273 g/mol. The van der Waals surface area contributed by atoms with Gasteiger partial charge in [-0.05, 0) is 55.5 Å². The number of alkyl halides is 3. The third-order valence-corrected chi connectivity index (χ3v) is 3.86. The van der Waals surface area contributed by atoms with Crippen molar-refractivity contribution in [1.29, 1.82) is 0 Å². The molecule has 0 atom stereocenters. The number of benzene rings is 1. The summed E-state index contributed by atoms with van der Waals surface area (Å²) in [4.78, 5) is 0. The Morgan fingerprint density at radius 2 is 1.68 bits per heavy atom. The van der Waals surface area contributed by atoms with Crippen LogP contribution in [0.5, 0.6) is 0 Å². The molecule has 1 aromatic rings. The van der Waals surface area contributed by atoms with Crippen molar-refractivity contribution in [3.05, 3.63) is 35.4 Å². The van der Waals surface area contributed by atoms with E-state index >= 15 is 0 Å². The fraction of sp³-hybridized carbons (Fsp3) is 0.571. The fourth-order valence-corrected chi connectivity index (χ4v) is 2.59. The van der Waals surface area contributed by atoms with E-state index in [0.29, 0.717) is 6.42 Å². The summed E-state index contributed by atoms with van der Waals surface area (Å²) in [5, 5.41) is 12.8. The normalized spacial score (nSPS) is 19.4. The van der Waals surface area contributed by atoms with Crippen molar-refractivity contribution in [2.75, 3.05) is 19.7 Å². The van der Waals surface area contributed by atoms with Crippen LogP contribution in [0.15, 0.2) is 24.3 Å². The first-order chi connectivity index (χ1) is 8.95. The first-order valence-corrected chi connectivity index (χ1v) is 6.43. The van der Waals surface area contributed by atoms with Gasteiger partial charge in [-0.25, -0.2) is 0 Å². The second-order valence-corrected chi connectivity index (χ2v) is 5.28. The summed E-state index contributed by atoms with van der Waals surface area (Å²) in [6, 6.07) is 5.26. The fourth-order valence-electron chi connectivity index (χ4n) is 2.59. The van der Waals surface area contributed by atoms with Crippen molar-refractivity contribution >= 4 is 0 Å². The SMILES string of the molecule is OCC1(Cc2ccc(C(F)(F)F)cc2)CCNCC1. The Hall–Kier alpha value is -1.07. The number of nitrogens with one attached hydrogen (secondary N) is 1. The Bertz CT molecular complexity index is 408. The van der Waals surface area contributed by atoms with E-state index in [-0.39, 0.29) is 12.0 Å². The summed E-state index contributed by atoms with van der Waals surface area (Å²) in [6.45, 7) is 1.78. The molecule has 2 N–H and O–H groups in total. The van der Waals surface area contributed by atoms with Crippen molar-refractivity contribution in [3.8, 4) is 0 Å². The molecular weight excluding hydrogens is 255 g/mol. The number of hydrogen-bond acceptors (Lipinski definition) is 2. The lowest BCUT2D eigenvalue weighted by Crippen LogP contribution is -2.40. The predicted octanol–water partition coefficient (Wildman–Crippen LogP) is 2.61. The minimum atomic E-state index is -4.29. The van der Waals surface area contributed by atoms with Crippen molar-refractivity contribution in [2.24, 2.45) is 5.41 Å². The van der Waals surface area contributed by atoms with E-state index in [9.17, 15) is 18.3 Å². The molecule has 0 saturated carbocycles. The van der Waals surface area contributed by atoms with Gasteiger partial charge < -0.3 is 10.4 Å². The maximum absolute atomic E-state index is 12.5. The first kappa shape index (κ1) is 14.3. The van der Waals surface area contributed by atoms with Crippen LogP contribution in [0.2, 0.25) is 0 Å². The molecule has 0 spiro atoms. The van der Waals surface area contributed by atoms with Crippen molar-refractivity contribution < 1.29 is 18.3 Å². The Kier molecular flexibility index (Phi) is 4.16. The summed E-state index contributed by atoms with van der Waals surface area (Å²) < 4.78 is 37.4. The van der Waals surface area contributed by atoms with Gasteiger partial charge in [-0.15, -0.1) is 0 Å². The molecule has 19 heavy (non-hydrogen) atoms. The number of aliphatic hydroxyl groups is 1. The predicted molar refractivity (Wildman–Crippen MR) is 66.8 cm³/mol. The maximum Gasteiger partial charge on any atom is 0.416 e. The molecule has 1 heterocycles. The van der Waals surface area contributed by atoms with Crippen LogP contribution < -0.4 is 5.32 Å². The lowest BCUT2D eigenvalue weighted by Gasteiger charge is -2.36. The Morgan fingerprint density at radius 3 is 2.16 bits per heavy atom. The molecule has 0 radical (unpaired) electrons. The smallest absolute Gasteiger partial charge is 0.396 e. The third-order valence-electron chi connectivity index (χ3n) is 3.86. The topological polar surface area (TPSA) is 32.3 Å². The minimum Gasteiger partial charge on any atom is -0.396 e. The number of piperidine rings is 1. The Morgan fingerprint density at radius 1 is 1.11 bits per heavy atom. The highest BCUT2D eigenvalue weighted by atomic mass is 19.4. The first-order valence-electron chi connectivity index (χ1n) is 6.43. The van der Waals surface area contributed by atoms with Crippen molar-refractivity contribution in [3.63, 3.8) is 0 Å². The van der Waals surface area contributed by atoms with Gasteiger partial charge in [0, 0.05) is 6.61 Å². The summed E-state index contributed by atoms with van der Waals surface area (Å²) in [6.07, 6.45) is -1.96. The summed E-state index contributed by atoms with van der Waals surface area (Å²) in [5.41, 5.74) is 0.0360. The number of halogens is 3. The van der Waals surface area contributed by atoms with Gasteiger partial charge in [0.2, 0.25) is 0 Å². The highest BCUT2D eigenvalue weighted by Gasteiger charge is 2.33. The standard InChI is InChI=1S/C14H18F3NO/c15-14(16,17)12-3-1-11(2-4-12)9-13(10-19)5-7-18-8-6-13/h1-4,18-19H,5-10H2. The quantitative estimate of drug-likeness (QED) is 0.887. The zero-order valence-electron chi connectivity index (χ0n) is 10.6. The lowest BCUT2D eigenvalue weighted by atomic mass is 9.75. The molecule has 106 valence electrons. The van der Waals surface area contributed by atoms with Crippen molar-refractivity contribution in [2.45, 2.75) is 25.4 Å². The van der Waals surface area contributed by atoms with Crippen LogP contribution in [-0.2, 0) is 12.6 Å². The van der Waals surface area contributed by atoms with Gasteiger partial charge in [0.05, 0.1) is 5.56 Å². The Balaban J connectivity index is 2.10. The molecule has 1 aliphatic heterocycles. The summed E-state index contributed by atoms with van der Waals surface area (Å²) in [7, 11) is 0. The largest absolute Gasteiger partial charge is 0.416 e. The number of rotatable bonds is 3. The van der Waals surface area contributed by atoms with Gasteiger partial charge >= 0.3 is 6.18 Å². The summed E-state index contributed by atoms with van der Waals surface area (Å²) in [5.74, 6) is 0. The molecule has 2 nitrogen and oxygen atoms in total. The van der Waals surface area contributed by atoms with Crippen LogP contribution in [0.25, 0.3) is 0 Å². The molecule has 0 unspecified atom stereocenters. The van der Waals surface area contributed by atoms with Gasteiger partial charge in [0.25, 0.3) is 0 Å². The zero-order chi connectivity index (χ0) is 13.9. The number of aliphatic hydroxyl groups excluding tert-OH is 1. The average Bonchev–Trinajstić information content (AvgIpc) is 2.39. The second kappa shape index (κ2) is 5.51. The molecule has 5 heteroatoms. The van der Waals surface area contributed by atoms with Crippen LogP contribution in [-0.4, -0.2) is 24.8 Å². The average molecular weight is 273 g/mol. The van der Waals surface area contributed by atoms with Crippen LogP contribution in [0, 0.1) is 5.41 Å². The van der Waals surface area contributed by atoms with E-state index in [2.05, 4.69) is 5.32 Å². The van der Waals surface area contributed by atoms with Crippen LogP contribution in [0.4, 0.5) is 13.2 Å². The Labute approximate surface area is 110 Å². The van der Waals surface area contributed by atoms with E-state index in [1.165, 1.54) is 12.1 Å². The molecule has 1 aromatic carbocycles. The molecule has 1 aliphatic rings. The molecule has 1 fully saturated rings.